The standard InChI is InChI=1S/C26H21F3N2O3/c1-32-17-7-9-23-19(11-17)21(13-30-23)25(15-3-5-16(6-4-15)34-26(27,28)29)22-14-31-24-10-8-18(33-2)12-20(22)24/h3-14,25,30-31H,1-2H3. The van der Waals surface area contributed by atoms with Crippen LogP contribution >= 0.6 is 0 Å². The summed E-state index contributed by atoms with van der Waals surface area (Å²) in [5, 5.41) is 1.91. The lowest BCUT2D eigenvalue weighted by atomic mass is 9.84. The van der Waals surface area contributed by atoms with Crippen LogP contribution in [0.25, 0.3) is 21.8 Å². The van der Waals surface area contributed by atoms with Crippen LogP contribution in [0.4, 0.5) is 13.2 Å². The molecule has 5 nitrogen and oxygen atoms in total. The second-order valence-electron chi connectivity index (χ2n) is 7.86. The first-order valence-corrected chi connectivity index (χ1v) is 10.5. The molecule has 174 valence electrons. The Bertz CT molecular complexity index is 1370. The third kappa shape index (κ3) is 4.03. The number of hydrogen-bond acceptors (Lipinski definition) is 3. The van der Waals surface area contributed by atoms with Crippen molar-refractivity contribution in [2.75, 3.05) is 14.2 Å². The maximum absolute atomic E-state index is 12.7. The van der Waals surface area contributed by atoms with Gasteiger partial charge in [-0.3, -0.25) is 0 Å². The molecule has 0 aliphatic heterocycles. The van der Waals surface area contributed by atoms with Crippen molar-refractivity contribution in [3.63, 3.8) is 0 Å². The maximum atomic E-state index is 12.7. The van der Waals surface area contributed by atoms with Gasteiger partial charge in [0.15, 0.2) is 0 Å². The van der Waals surface area contributed by atoms with Crippen molar-refractivity contribution < 1.29 is 27.4 Å². The first-order chi connectivity index (χ1) is 16.4. The Labute approximate surface area is 193 Å². The number of fused-ring (bicyclic) bond motifs is 2. The molecule has 2 N–H and O–H groups in total. The van der Waals surface area contributed by atoms with Crippen LogP contribution in [0.5, 0.6) is 17.2 Å². The SMILES string of the molecule is COc1ccc2[nH]cc(C(c3ccc(OC(F)(F)F)cc3)c3c[nH]c4ccc(OC)cc34)c2c1. The summed E-state index contributed by atoms with van der Waals surface area (Å²) in [5.74, 6) is 0.862. The van der Waals surface area contributed by atoms with Gasteiger partial charge in [0.2, 0.25) is 0 Å². The number of benzene rings is 3. The lowest BCUT2D eigenvalue weighted by Crippen LogP contribution is -2.17. The fraction of sp³-hybridized carbons (Fsp3) is 0.154. The summed E-state index contributed by atoms with van der Waals surface area (Å²) in [6.45, 7) is 0. The van der Waals surface area contributed by atoms with E-state index in [0.29, 0.717) is 11.5 Å². The van der Waals surface area contributed by atoms with E-state index in [2.05, 4.69) is 14.7 Å². The Hall–Kier alpha value is -4.07. The van der Waals surface area contributed by atoms with E-state index in [1.165, 1.54) is 12.1 Å². The molecular formula is C26H21F3N2O3. The van der Waals surface area contributed by atoms with Gasteiger partial charge in [-0.05, 0) is 65.2 Å². The van der Waals surface area contributed by atoms with Crippen LogP contribution < -0.4 is 14.2 Å². The van der Waals surface area contributed by atoms with Crippen LogP contribution in [0.15, 0.2) is 73.1 Å². The number of hydrogen-bond donors (Lipinski definition) is 2. The minimum atomic E-state index is -4.75. The minimum absolute atomic E-state index is 0.267. The van der Waals surface area contributed by atoms with E-state index in [1.807, 2.05) is 48.8 Å². The molecule has 0 saturated carbocycles. The number of rotatable bonds is 6. The third-order valence-corrected chi connectivity index (χ3v) is 5.91. The van der Waals surface area contributed by atoms with E-state index in [-0.39, 0.29) is 11.7 Å². The Kier molecular flexibility index (Phi) is 5.36. The molecule has 0 bridgehead atoms. The van der Waals surface area contributed by atoms with Gasteiger partial charge in [-0.1, -0.05) is 12.1 Å². The molecule has 34 heavy (non-hydrogen) atoms. The monoisotopic (exact) mass is 466 g/mol. The molecule has 0 saturated heterocycles. The molecule has 3 aromatic carbocycles. The van der Waals surface area contributed by atoms with E-state index >= 15 is 0 Å². The van der Waals surface area contributed by atoms with Crippen LogP contribution in [-0.4, -0.2) is 30.5 Å². The topological polar surface area (TPSA) is 59.3 Å². The predicted octanol–water partition coefficient (Wildman–Crippen LogP) is 6.75. The highest BCUT2D eigenvalue weighted by Crippen LogP contribution is 2.41. The third-order valence-electron chi connectivity index (χ3n) is 5.91. The average molecular weight is 466 g/mol. The molecule has 0 fully saturated rings. The maximum Gasteiger partial charge on any atom is 0.573 e. The molecule has 0 spiro atoms. The van der Waals surface area contributed by atoms with Crippen molar-refractivity contribution in [1.29, 1.82) is 0 Å². The number of aromatic nitrogens is 2. The number of ether oxygens (including phenoxy) is 3. The number of halogens is 3. The number of nitrogens with one attached hydrogen (secondary N) is 2. The Balaban J connectivity index is 1.70. The molecule has 0 aliphatic rings. The molecule has 5 aromatic rings. The van der Waals surface area contributed by atoms with Gasteiger partial charge in [-0.15, -0.1) is 13.2 Å². The molecule has 0 atom stereocenters. The zero-order valence-electron chi connectivity index (χ0n) is 18.4. The van der Waals surface area contributed by atoms with Crippen LogP contribution in [0.1, 0.15) is 22.6 Å². The summed E-state index contributed by atoms with van der Waals surface area (Å²) >= 11 is 0. The molecular weight excluding hydrogens is 445 g/mol. The number of methoxy groups -OCH3 is 2. The fourth-order valence-electron chi connectivity index (χ4n) is 4.36. The van der Waals surface area contributed by atoms with Crippen molar-refractivity contribution in [1.82, 2.24) is 9.97 Å². The summed E-state index contributed by atoms with van der Waals surface area (Å²) in [4.78, 5) is 6.60. The van der Waals surface area contributed by atoms with Crippen molar-refractivity contribution in [2.45, 2.75) is 12.3 Å². The summed E-state index contributed by atoms with van der Waals surface area (Å²) in [6.07, 6.45) is -0.899. The van der Waals surface area contributed by atoms with Crippen LogP contribution in [0, 0.1) is 0 Å². The van der Waals surface area contributed by atoms with Gasteiger partial charge < -0.3 is 24.2 Å². The Morgan fingerprint density at radius 1 is 0.676 bits per heavy atom. The van der Waals surface area contributed by atoms with E-state index in [1.54, 1.807) is 26.4 Å². The predicted molar refractivity (Wildman–Crippen MR) is 124 cm³/mol. The zero-order valence-corrected chi connectivity index (χ0v) is 18.4. The summed E-state index contributed by atoms with van der Waals surface area (Å²) < 4.78 is 53.0. The molecule has 8 heteroatoms. The smallest absolute Gasteiger partial charge is 0.497 e. The number of H-pyrrole nitrogens is 2. The van der Waals surface area contributed by atoms with Gasteiger partial charge in [0, 0.05) is 40.1 Å². The highest BCUT2D eigenvalue weighted by Gasteiger charge is 2.31. The van der Waals surface area contributed by atoms with Crippen LogP contribution in [-0.2, 0) is 0 Å². The van der Waals surface area contributed by atoms with E-state index < -0.39 is 6.36 Å². The second kappa shape index (κ2) is 8.37. The van der Waals surface area contributed by atoms with Gasteiger partial charge in [0.25, 0.3) is 0 Å². The fourth-order valence-corrected chi connectivity index (χ4v) is 4.36. The first kappa shape index (κ1) is 21.8. The second-order valence-corrected chi connectivity index (χ2v) is 7.86. The molecule has 5 rings (SSSR count). The first-order valence-electron chi connectivity index (χ1n) is 10.5. The van der Waals surface area contributed by atoms with Crippen molar-refractivity contribution >= 4 is 21.8 Å². The zero-order chi connectivity index (χ0) is 23.9. The molecule has 0 amide bonds. The molecule has 0 aliphatic carbocycles. The van der Waals surface area contributed by atoms with Gasteiger partial charge >= 0.3 is 6.36 Å². The van der Waals surface area contributed by atoms with Gasteiger partial charge in [0.05, 0.1) is 14.2 Å². The van der Waals surface area contributed by atoms with Crippen molar-refractivity contribution in [2.24, 2.45) is 0 Å². The number of alkyl halides is 3. The quantitative estimate of drug-likeness (QED) is 0.291. The summed E-state index contributed by atoms with van der Waals surface area (Å²) in [5.41, 5.74) is 4.58. The normalized spacial score (nSPS) is 11.9. The molecule has 0 radical (unpaired) electrons. The van der Waals surface area contributed by atoms with Crippen LogP contribution in [0.3, 0.4) is 0 Å². The van der Waals surface area contributed by atoms with Gasteiger partial charge in [0.1, 0.15) is 17.2 Å². The Morgan fingerprint density at radius 3 is 1.59 bits per heavy atom. The molecule has 2 heterocycles. The molecule has 0 unspecified atom stereocenters. The Morgan fingerprint density at radius 2 is 1.15 bits per heavy atom. The summed E-state index contributed by atoms with van der Waals surface area (Å²) in [6, 6.07) is 17.5. The van der Waals surface area contributed by atoms with Crippen molar-refractivity contribution in [3.8, 4) is 17.2 Å². The largest absolute Gasteiger partial charge is 0.573 e. The number of aromatic amines is 2. The molecule has 2 aromatic heterocycles. The lowest BCUT2D eigenvalue weighted by molar-refractivity contribution is -0.274. The van der Waals surface area contributed by atoms with E-state index in [9.17, 15) is 13.2 Å². The van der Waals surface area contributed by atoms with Gasteiger partial charge in [-0.2, -0.15) is 0 Å². The highest BCUT2D eigenvalue weighted by molar-refractivity contribution is 5.90. The van der Waals surface area contributed by atoms with E-state index in [4.69, 9.17) is 9.47 Å². The van der Waals surface area contributed by atoms with Gasteiger partial charge in [-0.25, -0.2) is 0 Å². The average Bonchev–Trinajstić information content (AvgIpc) is 3.43. The lowest BCUT2D eigenvalue weighted by Gasteiger charge is -2.18. The van der Waals surface area contributed by atoms with Crippen molar-refractivity contribution in [3.05, 3.63) is 89.7 Å². The summed E-state index contributed by atoms with van der Waals surface area (Å²) in [7, 11) is 3.21. The van der Waals surface area contributed by atoms with E-state index in [0.717, 1.165) is 38.5 Å². The highest BCUT2D eigenvalue weighted by atomic mass is 19.4. The van der Waals surface area contributed by atoms with Crippen LogP contribution in [0.2, 0.25) is 0 Å². The minimum Gasteiger partial charge on any atom is -0.497 e.